The summed E-state index contributed by atoms with van der Waals surface area (Å²) in [6.45, 7) is 0. The van der Waals surface area contributed by atoms with Crippen LogP contribution >= 0.6 is 34.7 Å². The maximum atomic E-state index is 12.3. The number of carbonyl (C=O) groups is 2. The molecule has 7 heteroatoms. The molecule has 3 aromatic rings. The zero-order valence-electron chi connectivity index (χ0n) is 14.3. The molecular weight excluding hydrogens is 400 g/mol. The molecule has 0 aliphatic rings. The SMILES string of the molecule is NC(=O)c1cc(-c2ccccc2)sc1NC(=O)CCSc1ccc(Cl)cc1. The van der Waals surface area contributed by atoms with Gasteiger partial charge in [-0.05, 0) is 35.9 Å². The van der Waals surface area contributed by atoms with Gasteiger partial charge in [0.15, 0.2) is 0 Å². The van der Waals surface area contributed by atoms with Crippen LogP contribution in [0, 0.1) is 0 Å². The Morgan fingerprint density at radius 1 is 1.07 bits per heavy atom. The molecule has 0 spiro atoms. The highest BCUT2D eigenvalue weighted by molar-refractivity contribution is 7.99. The van der Waals surface area contributed by atoms with Gasteiger partial charge in [-0.15, -0.1) is 23.1 Å². The number of thiophene rings is 1. The Hall–Kier alpha value is -2.28. The standard InChI is InChI=1S/C20H17ClN2O2S2/c21-14-6-8-15(9-7-14)26-11-10-18(24)23-20-16(19(22)25)12-17(27-20)13-4-2-1-3-5-13/h1-9,12H,10-11H2,(H2,22,25)(H,23,24). The van der Waals surface area contributed by atoms with Crippen molar-refractivity contribution in [2.24, 2.45) is 5.73 Å². The van der Waals surface area contributed by atoms with Gasteiger partial charge in [0.1, 0.15) is 5.00 Å². The maximum absolute atomic E-state index is 12.3. The van der Waals surface area contributed by atoms with Gasteiger partial charge in [-0.3, -0.25) is 9.59 Å². The summed E-state index contributed by atoms with van der Waals surface area (Å²) in [5.74, 6) is -0.0873. The first kappa shape index (κ1) is 19.5. The molecule has 0 atom stereocenters. The molecule has 0 aliphatic carbocycles. The molecule has 0 unspecified atom stereocenters. The van der Waals surface area contributed by atoms with Crippen molar-refractivity contribution in [3.8, 4) is 10.4 Å². The molecule has 138 valence electrons. The first-order valence-electron chi connectivity index (χ1n) is 8.20. The fourth-order valence-corrected chi connectivity index (χ4v) is 4.46. The number of hydrogen-bond donors (Lipinski definition) is 2. The van der Waals surface area contributed by atoms with Crippen LogP contribution in [0.25, 0.3) is 10.4 Å². The molecule has 0 bridgehead atoms. The second-order valence-corrected chi connectivity index (χ2v) is 8.34. The van der Waals surface area contributed by atoms with Crippen molar-refractivity contribution in [2.45, 2.75) is 11.3 Å². The van der Waals surface area contributed by atoms with Crippen molar-refractivity contribution in [3.05, 3.63) is 71.2 Å². The lowest BCUT2D eigenvalue weighted by Gasteiger charge is -2.05. The molecule has 2 aromatic carbocycles. The van der Waals surface area contributed by atoms with E-state index in [-0.39, 0.29) is 5.91 Å². The lowest BCUT2D eigenvalue weighted by atomic mass is 10.1. The lowest BCUT2D eigenvalue weighted by molar-refractivity contribution is -0.115. The lowest BCUT2D eigenvalue weighted by Crippen LogP contribution is -2.16. The van der Waals surface area contributed by atoms with Gasteiger partial charge < -0.3 is 11.1 Å². The monoisotopic (exact) mass is 416 g/mol. The normalized spacial score (nSPS) is 10.6. The highest BCUT2D eigenvalue weighted by atomic mass is 35.5. The highest BCUT2D eigenvalue weighted by Crippen LogP contribution is 2.35. The van der Waals surface area contributed by atoms with Crippen molar-refractivity contribution in [2.75, 3.05) is 11.1 Å². The molecule has 2 amide bonds. The summed E-state index contributed by atoms with van der Waals surface area (Å²) in [4.78, 5) is 26.0. The van der Waals surface area contributed by atoms with Crippen LogP contribution in [0.5, 0.6) is 0 Å². The van der Waals surface area contributed by atoms with Gasteiger partial charge in [-0.25, -0.2) is 0 Å². The Morgan fingerprint density at radius 3 is 2.44 bits per heavy atom. The van der Waals surface area contributed by atoms with Crippen LogP contribution < -0.4 is 11.1 Å². The summed E-state index contributed by atoms with van der Waals surface area (Å²) < 4.78 is 0. The van der Waals surface area contributed by atoms with Crippen LogP contribution in [-0.4, -0.2) is 17.6 Å². The highest BCUT2D eigenvalue weighted by Gasteiger charge is 2.16. The second kappa shape index (κ2) is 9.08. The Morgan fingerprint density at radius 2 is 1.78 bits per heavy atom. The van der Waals surface area contributed by atoms with Crippen molar-refractivity contribution < 1.29 is 9.59 Å². The number of rotatable bonds is 7. The van der Waals surface area contributed by atoms with E-state index in [0.29, 0.717) is 27.8 Å². The smallest absolute Gasteiger partial charge is 0.251 e. The predicted molar refractivity (Wildman–Crippen MR) is 114 cm³/mol. The molecular formula is C20H17ClN2O2S2. The quantitative estimate of drug-likeness (QED) is 0.514. The molecule has 1 heterocycles. The molecule has 4 nitrogen and oxygen atoms in total. The molecule has 0 radical (unpaired) electrons. The van der Waals surface area contributed by atoms with E-state index in [9.17, 15) is 9.59 Å². The number of nitrogens with two attached hydrogens (primary N) is 1. The Kier molecular flexibility index (Phi) is 6.55. The molecule has 27 heavy (non-hydrogen) atoms. The van der Waals surface area contributed by atoms with Crippen molar-refractivity contribution >= 4 is 51.5 Å². The third-order valence-electron chi connectivity index (χ3n) is 3.72. The molecule has 0 saturated heterocycles. The predicted octanol–water partition coefficient (Wildman–Crippen LogP) is 5.29. The average Bonchev–Trinajstić information content (AvgIpc) is 3.08. The van der Waals surface area contributed by atoms with E-state index < -0.39 is 5.91 Å². The third kappa shape index (κ3) is 5.35. The number of halogens is 1. The van der Waals surface area contributed by atoms with E-state index in [1.54, 1.807) is 17.8 Å². The van der Waals surface area contributed by atoms with E-state index in [4.69, 9.17) is 17.3 Å². The van der Waals surface area contributed by atoms with Gasteiger partial charge in [0.05, 0.1) is 5.56 Å². The number of thioether (sulfide) groups is 1. The summed E-state index contributed by atoms with van der Waals surface area (Å²) in [5.41, 5.74) is 6.78. The largest absolute Gasteiger partial charge is 0.366 e. The van der Waals surface area contributed by atoms with Crippen LogP contribution in [0.2, 0.25) is 5.02 Å². The molecule has 0 aliphatic heterocycles. The number of amides is 2. The number of nitrogens with one attached hydrogen (secondary N) is 1. The minimum absolute atomic E-state index is 0.152. The molecule has 0 fully saturated rings. The van der Waals surface area contributed by atoms with E-state index in [1.165, 1.54) is 11.3 Å². The summed E-state index contributed by atoms with van der Waals surface area (Å²) in [5, 5.41) is 3.99. The summed E-state index contributed by atoms with van der Waals surface area (Å²) in [6.07, 6.45) is 0.323. The fraction of sp³-hybridized carbons (Fsp3) is 0.100. The van der Waals surface area contributed by atoms with E-state index in [0.717, 1.165) is 15.3 Å². The minimum atomic E-state index is -0.556. The van der Waals surface area contributed by atoms with E-state index in [2.05, 4.69) is 5.32 Å². The number of carbonyl (C=O) groups excluding carboxylic acids is 2. The zero-order chi connectivity index (χ0) is 19.2. The van der Waals surface area contributed by atoms with Gasteiger partial charge in [0.2, 0.25) is 5.91 Å². The number of hydrogen-bond acceptors (Lipinski definition) is 4. The van der Waals surface area contributed by atoms with E-state index >= 15 is 0 Å². The molecule has 3 N–H and O–H groups in total. The van der Waals surface area contributed by atoms with Crippen LogP contribution in [-0.2, 0) is 4.79 Å². The van der Waals surface area contributed by atoms with Crippen LogP contribution in [0.15, 0.2) is 65.6 Å². The summed E-state index contributed by atoms with van der Waals surface area (Å²) in [7, 11) is 0. The van der Waals surface area contributed by atoms with Crippen molar-refractivity contribution in [1.29, 1.82) is 0 Å². The third-order valence-corrected chi connectivity index (χ3v) is 6.09. The van der Waals surface area contributed by atoms with Crippen molar-refractivity contribution in [1.82, 2.24) is 0 Å². The van der Waals surface area contributed by atoms with Crippen LogP contribution in [0.1, 0.15) is 16.8 Å². The first-order valence-corrected chi connectivity index (χ1v) is 10.4. The first-order chi connectivity index (χ1) is 13.0. The number of anilines is 1. The molecule has 0 saturated carbocycles. The average molecular weight is 417 g/mol. The van der Waals surface area contributed by atoms with Crippen LogP contribution in [0.4, 0.5) is 5.00 Å². The second-order valence-electron chi connectivity index (χ2n) is 5.68. The van der Waals surface area contributed by atoms with Gasteiger partial charge in [0, 0.05) is 27.0 Å². The van der Waals surface area contributed by atoms with Gasteiger partial charge >= 0.3 is 0 Å². The zero-order valence-corrected chi connectivity index (χ0v) is 16.7. The fourth-order valence-electron chi connectivity index (χ4n) is 2.39. The Labute approximate surface area is 170 Å². The number of primary amides is 1. The van der Waals surface area contributed by atoms with Crippen molar-refractivity contribution in [3.63, 3.8) is 0 Å². The molecule has 3 rings (SSSR count). The topological polar surface area (TPSA) is 72.2 Å². The summed E-state index contributed by atoms with van der Waals surface area (Å²) in [6, 6.07) is 18.9. The Balaban J connectivity index is 1.63. The Bertz CT molecular complexity index is 940. The maximum Gasteiger partial charge on any atom is 0.251 e. The van der Waals surface area contributed by atoms with Gasteiger partial charge in [-0.1, -0.05) is 41.9 Å². The molecule has 1 aromatic heterocycles. The van der Waals surface area contributed by atoms with Gasteiger partial charge in [0.25, 0.3) is 5.91 Å². The number of benzene rings is 2. The van der Waals surface area contributed by atoms with E-state index in [1.807, 2.05) is 54.6 Å². The summed E-state index contributed by atoms with van der Waals surface area (Å²) >= 11 is 8.78. The van der Waals surface area contributed by atoms with Gasteiger partial charge in [-0.2, -0.15) is 0 Å². The minimum Gasteiger partial charge on any atom is -0.366 e. The van der Waals surface area contributed by atoms with Crippen LogP contribution in [0.3, 0.4) is 0 Å².